The standard InChI is InChI=1S/C12H14FN/c13-12-3-1-2-11(9-12)8-10-4-6-14-7-5-10/h3-7,11H,1-2,8-9H2. The molecule has 0 radical (unpaired) electrons. The van der Waals surface area contributed by atoms with Gasteiger partial charge in [0, 0.05) is 18.8 Å². The zero-order chi connectivity index (χ0) is 9.80. The molecule has 0 fully saturated rings. The van der Waals surface area contributed by atoms with Crippen molar-refractivity contribution in [2.24, 2.45) is 5.92 Å². The predicted molar refractivity (Wildman–Crippen MR) is 54.5 cm³/mol. The van der Waals surface area contributed by atoms with E-state index in [0.717, 1.165) is 19.3 Å². The van der Waals surface area contributed by atoms with Gasteiger partial charge in [0.05, 0.1) is 5.83 Å². The molecule has 1 aliphatic rings. The minimum absolute atomic E-state index is 0.0651. The minimum atomic E-state index is 0.0651. The van der Waals surface area contributed by atoms with E-state index in [1.54, 1.807) is 18.5 Å². The third-order valence-electron chi connectivity index (χ3n) is 2.70. The molecule has 1 nitrogen and oxygen atoms in total. The summed E-state index contributed by atoms with van der Waals surface area (Å²) in [5.41, 5.74) is 1.26. The summed E-state index contributed by atoms with van der Waals surface area (Å²) < 4.78 is 13.0. The molecule has 0 aliphatic heterocycles. The van der Waals surface area contributed by atoms with Gasteiger partial charge in [-0.2, -0.15) is 0 Å². The van der Waals surface area contributed by atoms with Crippen molar-refractivity contribution in [2.45, 2.75) is 25.7 Å². The summed E-state index contributed by atoms with van der Waals surface area (Å²) in [4.78, 5) is 3.97. The number of allylic oxidation sites excluding steroid dienone is 2. The molecule has 0 spiro atoms. The normalized spacial score (nSPS) is 21.8. The molecule has 0 amide bonds. The summed E-state index contributed by atoms with van der Waals surface area (Å²) in [7, 11) is 0. The Morgan fingerprint density at radius 2 is 2.14 bits per heavy atom. The van der Waals surface area contributed by atoms with Gasteiger partial charge < -0.3 is 0 Å². The quantitative estimate of drug-likeness (QED) is 0.699. The first-order valence-corrected chi connectivity index (χ1v) is 5.08. The lowest BCUT2D eigenvalue weighted by Gasteiger charge is -2.18. The number of aromatic nitrogens is 1. The van der Waals surface area contributed by atoms with Crippen molar-refractivity contribution in [1.29, 1.82) is 0 Å². The Hall–Kier alpha value is -1.18. The van der Waals surface area contributed by atoms with Crippen LogP contribution in [-0.2, 0) is 6.42 Å². The average Bonchev–Trinajstić information content (AvgIpc) is 2.19. The Bertz CT molecular complexity index is 318. The lowest BCUT2D eigenvalue weighted by atomic mass is 9.88. The van der Waals surface area contributed by atoms with Crippen molar-refractivity contribution in [2.75, 3.05) is 0 Å². The molecule has 0 N–H and O–H groups in total. The number of hydrogen-bond donors (Lipinski definition) is 0. The fourth-order valence-electron chi connectivity index (χ4n) is 1.96. The fraction of sp³-hybridized carbons (Fsp3) is 0.417. The molecule has 1 aromatic heterocycles. The largest absolute Gasteiger partial charge is 0.265 e. The zero-order valence-corrected chi connectivity index (χ0v) is 8.12. The Labute approximate surface area is 83.7 Å². The van der Waals surface area contributed by atoms with Crippen molar-refractivity contribution in [3.63, 3.8) is 0 Å². The van der Waals surface area contributed by atoms with E-state index in [0.29, 0.717) is 12.3 Å². The molecule has 0 saturated carbocycles. The van der Waals surface area contributed by atoms with Crippen LogP contribution >= 0.6 is 0 Å². The van der Waals surface area contributed by atoms with E-state index in [2.05, 4.69) is 4.98 Å². The van der Waals surface area contributed by atoms with Crippen molar-refractivity contribution in [3.05, 3.63) is 42.0 Å². The Balaban J connectivity index is 1.96. The van der Waals surface area contributed by atoms with E-state index < -0.39 is 0 Å². The molecule has 0 bridgehead atoms. The summed E-state index contributed by atoms with van der Waals surface area (Å²) in [6.45, 7) is 0. The molecule has 2 rings (SSSR count). The predicted octanol–water partition coefficient (Wildman–Crippen LogP) is 3.28. The van der Waals surface area contributed by atoms with Gasteiger partial charge in [-0.15, -0.1) is 0 Å². The first kappa shape index (κ1) is 9.38. The van der Waals surface area contributed by atoms with E-state index >= 15 is 0 Å². The lowest BCUT2D eigenvalue weighted by Crippen LogP contribution is -2.08. The van der Waals surface area contributed by atoms with Crippen LogP contribution in [0.25, 0.3) is 0 Å². The number of nitrogens with zero attached hydrogens (tertiary/aromatic N) is 1. The summed E-state index contributed by atoms with van der Waals surface area (Å²) in [6.07, 6.45) is 8.89. The van der Waals surface area contributed by atoms with Crippen LogP contribution in [-0.4, -0.2) is 4.98 Å². The summed E-state index contributed by atoms with van der Waals surface area (Å²) in [5, 5.41) is 0. The van der Waals surface area contributed by atoms with Crippen LogP contribution in [0.1, 0.15) is 24.8 Å². The summed E-state index contributed by atoms with van der Waals surface area (Å²) >= 11 is 0. The monoisotopic (exact) mass is 191 g/mol. The van der Waals surface area contributed by atoms with Crippen molar-refractivity contribution < 1.29 is 4.39 Å². The molecule has 1 aliphatic carbocycles. The number of halogens is 1. The van der Waals surface area contributed by atoms with E-state index in [1.807, 2.05) is 12.1 Å². The Morgan fingerprint density at radius 3 is 2.86 bits per heavy atom. The number of pyridine rings is 1. The maximum absolute atomic E-state index is 13.0. The molecule has 1 aromatic rings. The fourth-order valence-corrected chi connectivity index (χ4v) is 1.96. The maximum Gasteiger partial charge on any atom is 0.0962 e. The van der Waals surface area contributed by atoms with Crippen molar-refractivity contribution in [3.8, 4) is 0 Å². The van der Waals surface area contributed by atoms with E-state index in [-0.39, 0.29) is 5.83 Å². The van der Waals surface area contributed by atoms with Crippen LogP contribution in [0.4, 0.5) is 4.39 Å². The summed E-state index contributed by atoms with van der Waals surface area (Å²) in [5.74, 6) is 0.540. The highest BCUT2D eigenvalue weighted by Crippen LogP contribution is 2.27. The molecule has 1 unspecified atom stereocenters. The molecule has 1 heterocycles. The maximum atomic E-state index is 13.0. The third-order valence-corrected chi connectivity index (χ3v) is 2.70. The second kappa shape index (κ2) is 4.36. The number of hydrogen-bond acceptors (Lipinski definition) is 1. The third kappa shape index (κ3) is 2.41. The SMILES string of the molecule is FC1=CCCC(Cc2ccncc2)C1. The van der Waals surface area contributed by atoms with Gasteiger partial charge in [-0.25, -0.2) is 4.39 Å². The van der Waals surface area contributed by atoms with Crippen LogP contribution in [0.2, 0.25) is 0 Å². The Kier molecular flexibility index (Phi) is 2.92. The van der Waals surface area contributed by atoms with Gasteiger partial charge in [0.2, 0.25) is 0 Å². The molecular weight excluding hydrogens is 177 g/mol. The van der Waals surface area contributed by atoms with Crippen LogP contribution in [0.3, 0.4) is 0 Å². The first-order valence-electron chi connectivity index (χ1n) is 5.08. The second-order valence-corrected chi connectivity index (χ2v) is 3.86. The molecule has 14 heavy (non-hydrogen) atoms. The average molecular weight is 191 g/mol. The van der Waals surface area contributed by atoms with E-state index in [4.69, 9.17) is 0 Å². The van der Waals surface area contributed by atoms with Gasteiger partial charge in [0.15, 0.2) is 0 Å². The van der Waals surface area contributed by atoms with Crippen molar-refractivity contribution in [1.82, 2.24) is 4.98 Å². The molecule has 0 aromatic carbocycles. The highest BCUT2D eigenvalue weighted by molar-refractivity contribution is 5.12. The Morgan fingerprint density at radius 1 is 1.36 bits per heavy atom. The molecule has 0 saturated heterocycles. The van der Waals surface area contributed by atoms with Gasteiger partial charge >= 0.3 is 0 Å². The van der Waals surface area contributed by atoms with Gasteiger partial charge in [0.1, 0.15) is 0 Å². The molecule has 2 heteroatoms. The number of rotatable bonds is 2. The van der Waals surface area contributed by atoms with Crippen LogP contribution < -0.4 is 0 Å². The zero-order valence-electron chi connectivity index (χ0n) is 8.12. The van der Waals surface area contributed by atoms with E-state index in [1.165, 1.54) is 5.56 Å². The van der Waals surface area contributed by atoms with Gasteiger partial charge in [-0.1, -0.05) is 6.08 Å². The van der Waals surface area contributed by atoms with Crippen LogP contribution in [0, 0.1) is 5.92 Å². The van der Waals surface area contributed by atoms with Gasteiger partial charge in [0.25, 0.3) is 0 Å². The molecule has 1 atom stereocenters. The molecular formula is C12H14FN. The van der Waals surface area contributed by atoms with Gasteiger partial charge in [-0.3, -0.25) is 4.98 Å². The highest BCUT2D eigenvalue weighted by atomic mass is 19.1. The molecule has 74 valence electrons. The van der Waals surface area contributed by atoms with Gasteiger partial charge in [-0.05, 0) is 42.9 Å². The topological polar surface area (TPSA) is 12.9 Å². The summed E-state index contributed by atoms with van der Waals surface area (Å²) in [6, 6.07) is 4.02. The highest BCUT2D eigenvalue weighted by Gasteiger charge is 2.15. The minimum Gasteiger partial charge on any atom is -0.265 e. The van der Waals surface area contributed by atoms with Crippen LogP contribution in [0.15, 0.2) is 36.4 Å². The van der Waals surface area contributed by atoms with E-state index in [9.17, 15) is 4.39 Å². The van der Waals surface area contributed by atoms with Crippen LogP contribution in [0.5, 0.6) is 0 Å². The first-order chi connectivity index (χ1) is 6.84. The van der Waals surface area contributed by atoms with Crippen molar-refractivity contribution >= 4 is 0 Å². The smallest absolute Gasteiger partial charge is 0.0962 e. The second-order valence-electron chi connectivity index (χ2n) is 3.86. The lowest BCUT2D eigenvalue weighted by molar-refractivity contribution is 0.406.